The van der Waals surface area contributed by atoms with Crippen LogP contribution in [-0.2, 0) is 16.8 Å². The Morgan fingerprint density at radius 2 is 1.36 bits per heavy atom. The number of hydrogen-bond donors (Lipinski definition) is 1. The number of carbonyl (C=O) groups excluding carboxylic acids is 1. The van der Waals surface area contributed by atoms with Gasteiger partial charge in [-0.05, 0) is 91.9 Å². The number of fused-ring (bicyclic) bond motifs is 6. The van der Waals surface area contributed by atoms with Crippen LogP contribution in [0.25, 0.3) is 0 Å². The highest BCUT2D eigenvalue weighted by atomic mass is 16.6. The zero-order valence-electron chi connectivity index (χ0n) is 29.6. The lowest BCUT2D eigenvalue weighted by Crippen LogP contribution is -2.33. The zero-order chi connectivity index (χ0) is 34.5. The number of nitrogens with one attached hydrogen (secondary N) is 1. The number of nitrogens with zero attached hydrogens (tertiary/aromatic N) is 1. The van der Waals surface area contributed by atoms with Crippen molar-refractivity contribution in [1.29, 1.82) is 0 Å². The molecule has 0 bridgehead atoms. The molecule has 5 heteroatoms. The summed E-state index contributed by atoms with van der Waals surface area (Å²) in [5, 5.41) is 3.58. The highest BCUT2D eigenvalue weighted by Gasteiger charge is 2.53. The number of benzene rings is 5. The Morgan fingerprint density at radius 1 is 0.660 bits per heavy atom. The topological polar surface area (TPSA) is 50.8 Å². The normalized spacial score (nSPS) is 15.5. The number of anilines is 4. The summed E-state index contributed by atoms with van der Waals surface area (Å²) in [7, 11) is 0. The Morgan fingerprint density at radius 3 is 2.14 bits per heavy atom. The molecule has 50 heavy (non-hydrogen) atoms. The maximum absolute atomic E-state index is 13.6. The fourth-order valence-corrected chi connectivity index (χ4v) is 7.49. The molecule has 1 atom stereocenters. The predicted octanol–water partition coefficient (Wildman–Crippen LogP) is 12.1. The summed E-state index contributed by atoms with van der Waals surface area (Å²) in [6.07, 6.45) is 10.9. The average molecular weight is 665 g/mol. The van der Waals surface area contributed by atoms with Gasteiger partial charge in [0.25, 0.3) is 0 Å². The molecule has 5 aromatic carbocycles. The van der Waals surface area contributed by atoms with E-state index < -0.39 is 5.60 Å². The van der Waals surface area contributed by atoms with Crippen LogP contribution in [0.2, 0.25) is 0 Å². The van der Waals surface area contributed by atoms with Gasteiger partial charge in [0.2, 0.25) is 0 Å². The molecule has 256 valence electrons. The van der Waals surface area contributed by atoms with Gasteiger partial charge in [-0.1, -0.05) is 101 Å². The van der Waals surface area contributed by atoms with E-state index >= 15 is 0 Å². The van der Waals surface area contributed by atoms with Gasteiger partial charge >= 0.3 is 5.97 Å². The monoisotopic (exact) mass is 664 g/mol. The van der Waals surface area contributed by atoms with E-state index in [9.17, 15) is 4.79 Å². The van der Waals surface area contributed by atoms with Crippen molar-refractivity contribution in [2.24, 2.45) is 0 Å². The Kier molecular flexibility index (Phi) is 9.93. The first-order valence-electron chi connectivity index (χ1n) is 18.5. The van der Waals surface area contributed by atoms with Gasteiger partial charge in [0.05, 0.1) is 5.56 Å². The standard InChI is InChI=1S/C45H48N2O3/c1-4-6-8-11-17-33-22-24-35(25-23-33)47(28-16-9-7-5-2)36-26-27-39-43(30-36)49-42-29-32(3)41(46-34-18-12-10-13-19-34)31-40(42)45(39)38-21-15-14-20-37(38)44(48)50-45/h10,12-15,18-27,29-31,46H,4-9,11,16-17,28H2,1-3H3. The molecule has 1 unspecified atom stereocenters. The van der Waals surface area contributed by atoms with Gasteiger partial charge in [0, 0.05) is 52.1 Å². The van der Waals surface area contributed by atoms with Gasteiger partial charge in [0.15, 0.2) is 5.60 Å². The number of para-hydroxylation sites is 1. The van der Waals surface area contributed by atoms with Crippen molar-refractivity contribution >= 4 is 28.7 Å². The minimum atomic E-state index is -1.14. The van der Waals surface area contributed by atoms with Gasteiger partial charge in [0.1, 0.15) is 11.5 Å². The molecular weight excluding hydrogens is 617 g/mol. The van der Waals surface area contributed by atoms with Gasteiger partial charge < -0.3 is 19.7 Å². The highest BCUT2D eigenvalue weighted by molar-refractivity contribution is 5.97. The van der Waals surface area contributed by atoms with Crippen molar-refractivity contribution in [2.75, 3.05) is 16.8 Å². The largest absolute Gasteiger partial charge is 0.456 e. The predicted molar refractivity (Wildman–Crippen MR) is 205 cm³/mol. The lowest BCUT2D eigenvalue weighted by molar-refractivity contribution is 0.0224. The smallest absolute Gasteiger partial charge is 0.340 e. The fourth-order valence-electron chi connectivity index (χ4n) is 7.49. The summed E-state index contributed by atoms with van der Waals surface area (Å²) in [5.41, 5.74) is 8.51. The van der Waals surface area contributed by atoms with Crippen LogP contribution in [0.3, 0.4) is 0 Å². The third-order valence-corrected chi connectivity index (χ3v) is 10.2. The minimum Gasteiger partial charge on any atom is -0.456 e. The van der Waals surface area contributed by atoms with Crippen molar-refractivity contribution in [3.05, 3.63) is 143 Å². The fraction of sp³-hybridized carbons (Fsp3) is 0.311. The van der Waals surface area contributed by atoms with E-state index in [0.717, 1.165) is 58.7 Å². The van der Waals surface area contributed by atoms with Crippen molar-refractivity contribution in [3.63, 3.8) is 0 Å². The first-order chi connectivity index (χ1) is 24.5. The summed E-state index contributed by atoms with van der Waals surface area (Å²) in [4.78, 5) is 16.0. The SMILES string of the molecule is CCCCCCc1ccc(N(CCCCCC)c2ccc3c(c2)Oc2cc(C)c(Nc4ccccc4)cc2C32OC(=O)c3ccccc32)cc1. The highest BCUT2D eigenvalue weighted by Crippen LogP contribution is 2.57. The molecule has 0 saturated heterocycles. The third-order valence-electron chi connectivity index (χ3n) is 10.2. The average Bonchev–Trinajstić information content (AvgIpc) is 3.44. The van der Waals surface area contributed by atoms with E-state index in [0.29, 0.717) is 17.1 Å². The summed E-state index contributed by atoms with van der Waals surface area (Å²) in [5.74, 6) is 1.07. The number of ether oxygens (including phenoxy) is 2. The van der Waals surface area contributed by atoms with Crippen molar-refractivity contribution < 1.29 is 14.3 Å². The molecule has 2 aliphatic rings. The quantitative estimate of drug-likeness (QED) is 0.0946. The molecule has 0 aliphatic carbocycles. The molecule has 0 amide bonds. The summed E-state index contributed by atoms with van der Waals surface area (Å²) >= 11 is 0. The van der Waals surface area contributed by atoms with E-state index in [1.807, 2.05) is 54.6 Å². The lowest BCUT2D eigenvalue weighted by Gasteiger charge is -2.38. The van der Waals surface area contributed by atoms with Crippen LogP contribution < -0.4 is 15.0 Å². The maximum atomic E-state index is 13.6. The number of aryl methyl sites for hydroxylation is 2. The molecule has 0 radical (unpaired) electrons. The molecule has 0 fully saturated rings. The summed E-state index contributed by atoms with van der Waals surface area (Å²) in [6.45, 7) is 7.49. The van der Waals surface area contributed by atoms with Crippen LogP contribution in [0, 0.1) is 6.92 Å². The van der Waals surface area contributed by atoms with Gasteiger partial charge in [-0.3, -0.25) is 0 Å². The van der Waals surface area contributed by atoms with Gasteiger partial charge in [-0.2, -0.15) is 0 Å². The van der Waals surface area contributed by atoms with Gasteiger partial charge in [-0.25, -0.2) is 4.79 Å². The van der Waals surface area contributed by atoms with Crippen LogP contribution in [0.4, 0.5) is 22.7 Å². The molecule has 2 aliphatic heterocycles. The molecule has 7 rings (SSSR count). The van der Waals surface area contributed by atoms with E-state index in [2.05, 4.69) is 85.6 Å². The number of unbranched alkanes of at least 4 members (excludes halogenated alkanes) is 6. The van der Waals surface area contributed by atoms with Crippen LogP contribution in [-0.4, -0.2) is 12.5 Å². The van der Waals surface area contributed by atoms with Crippen molar-refractivity contribution in [1.82, 2.24) is 0 Å². The van der Waals surface area contributed by atoms with Crippen LogP contribution in [0.5, 0.6) is 11.5 Å². The molecule has 0 aromatic heterocycles. The Bertz CT molecular complexity index is 1950. The lowest BCUT2D eigenvalue weighted by atomic mass is 9.77. The molecule has 5 nitrogen and oxygen atoms in total. The van der Waals surface area contributed by atoms with E-state index in [-0.39, 0.29) is 5.97 Å². The zero-order valence-corrected chi connectivity index (χ0v) is 29.6. The molecule has 1 spiro atoms. The third kappa shape index (κ3) is 6.49. The first-order valence-corrected chi connectivity index (χ1v) is 18.5. The van der Waals surface area contributed by atoms with Gasteiger partial charge in [-0.15, -0.1) is 0 Å². The van der Waals surface area contributed by atoms with E-state index in [1.54, 1.807) is 0 Å². The second-order valence-corrected chi connectivity index (χ2v) is 13.7. The molecular formula is C45H48N2O3. The molecule has 0 saturated carbocycles. The Hall–Kier alpha value is -5.03. The Balaban J connectivity index is 1.29. The molecule has 5 aromatic rings. The van der Waals surface area contributed by atoms with E-state index in [4.69, 9.17) is 9.47 Å². The minimum absolute atomic E-state index is 0.325. The van der Waals surface area contributed by atoms with Crippen LogP contribution in [0.15, 0.2) is 109 Å². The molecule has 2 heterocycles. The van der Waals surface area contributed by atoms with Crippen LogP contribution in [0.1, 0.15) is 103 Å². The second kappa shape index (κ2) is 14.8. The summed E-state index contributed by atoms with van der Waals surface area (Å²) in [6, 6.07) is 37.6. The second-order valence-electron chi connectivity index (χ2n) is 13.7. The number of hydrogen-bond acceptors (Lipinski definition) is 5. The maximum Gasteiger partial charge on any atom is 0.340 e. The number of rotatable bonds is 14. The first kappa shape index (κ1) is 33.5. The summed E-state index contributed by atoms with van der Waals surface area (Å²) < 4.78 is 13.3. The van der Waals surface area contributed by atoms with Crippen molar-refractivity contribution in [2.45, 2.75) is 84.2 Å². The number of carbonyl (C=O) groups is 1. The van der Waals surface area contributed by atoms with Crippen molar-refractivity contribution in [3.8, 4) is 11.5 Å². The Labute approximate surface area is 297 Å². The molecule has 1 N–H and O–H groups in total. The van der Waals surface area contributed by atoms with Crippen LogP contribution >= 0.6 is 0 Å². The van der Waals surface area contributed by atoms with E-state index in [1.165, 1.54) is 56.2 Å². The number of esters is 1.